The molecule has 0 aromatic carbocycles. The van der Waals surface area contributed by atoms with Crippen molar-refractivity contribution in [2.75, 3.05) is 13.2 Å². The molecule has 0 rings (SSSR count). The highest BCUT2D eigenvalue weighted by Gasteiger charge is 1.95. The van der Waals surface area contributed by atoms with Crippen molar-refractivity contribution in [1.29, 1.82) is 0 Å². The van der Waals surface area contributed by atoms with Crippen LogP contribution in [-0.4, -0.2) is 78.9 Å². The highest BCUT2D eigenvalue weighted by molar-refractivity contribution is 5.66. The SMILES string of the molecule is CC(=O)O.CC(=O)O.CCCCCCCC(=O)O.CCCCCCCC(=O)O.OCC(O)CO. The first-order valence-corrected chi connectivity index (χ1v) is 11.5. The minimum Gasteiger partial charge on any atom is -0.481 e. The molecule has 206 valence electrons. The number of unbranched alkanes of at least 4 members (excludes halogenated alkanes) is 8. The maximum absolute atomic E-state index is 10.0. The lowest BCUT2D eigenvalue weighted by Gasteiger charge is -1.96. The van der Waals surface area contributed by atoms with Gasteiger partial charge in [0.15, 0.2) is 0 Å². The molecule has 0 amide bonds. The smallest absolute Gasteiger partial charge is 0.303 e. The van der Waals surface area contributed by atoms with Crippen LogP contribution in [0.2, 0.25) is 0 Å². The van der Waals surface area contributed by atoms with Crippen LogP contribution in [0.15, 0.2) is 0 Å². The summed E-state index contributed by atoms with van der Waals surface area (Å²) in [5.74, 6) is -3.01. The number of rotatable bonds is 14. The maximum Gasteiger partial charge on any atom is 0.303 e. The maximum atomic E-state index is 10.0. The molecule has 0 heterocycles. The fraction of sp³-hybridized carbons (Fsp3) is 0.826. The van der Waals surface area contributed by atoms with Crippen molar-refractivity contribution in [3.63, 3.8) is 0 Å². The van der Waals surface area contributed by atoms with Crippen LogP contribution in [0.3, 0.4) is 0 Å². The Kier molecular flexibility index (Phi) is 47.0. The molecule has 0 aliphatic rings. The third-order valence-electron chi connectivity index (χ3n) is 3.41. The number of hydrogen-bond donors (Lipinski definition) is 7. The first-order valence-electron chi connectivity index (χ1n) is 11.5. The molecule has 0 spiro atoms. The van der Waals surface area contributed by atoms with E-state index in [0.29, 0.717) is 12.8 Å². The number of aliphatic hydroxyl groups is 3. The number of carboxylic acids is 4. The standard InChI is InChI=1S/2C8H16O2.C3H8O3.2C2H4O2/c2*1-2-3-4-5-6-7-8(9)10;4-1-3(6)2-5;2*1-2(3)4/h2*2-7H2,1H3,(H,9,10);3-6H,1-2H2;2*1H3,(H,3,4). The molecule has 0 atom stereocenters. The van der Waals surface area contributed by atoms with Gasteiger partial charge in [-0.1, -0.05) is 65.2 Å². The van der Waals surface area contributed by atoms with Crippen molar-refractivity contribution in [2.24, 2.45) is 0 Å². The van der Waals surface area contributed by atoms with Gasteiger partial charge < -0.3 is 35.7 Å². The van der Waals surface area contributed by atoms with Gasteiger partial charge in [-0.15, -0.1) is 0 Å². The van der Waals surface area contributed by atoms with E-state index in [2.05, 4.69) is 13.8 Å². The van der Waals surface area contributed by atoms with Gasteiger partial charge in [0.2, 0.25) is 0 Å². The lowest BCUT2D eigenvalue weighted by Crippen LogP contribution is -2.15. The zero-order valence-corrected chi connectivity index (χ0v) is 21.2. The Morgan fingerprint density at radius 2 is 0.794 bits per heavy atom. The second kappa shape index (κ2) is 38.0. The highest BCUT2D eigenvalue weighted by atomic mass is 16.4. The summed E-state index contributed by atoms with van der Waals surface area (Å²) in [5, 5.41) is 55.4. The Morgan fingerprint density at radius 1 is 0.559 bits per heavy atom. The third kappa shape index (κ3) is 99.1. The monoisotopic (exact) mass is 500 g/mol. The summed E-state index contributed by atoms with van der Waals surface area (Å²) in [7, 11) is 0. The summed E-state index contributed by atoms with van der Waals surface area (Å²) in [6, 6.07) is 0. The van der Waals surface area contributed by atoms with Crippen LogP contribution in [0, 0.1) is 0 Å². The summed E-state index contributed by atoms with van der Waals surface area (Å²) < 4.78 is 0. The second-order valence-electron chi connectivity index (χ2n) is 7.17. The van der Waals surface area contributed by atoms with E-state index >= 15 is 0 Å². The molecule has 0 fully saturated rings. The van der Waals surface area contributed by atoms with Crippen LogP contribution in [0.25, 0.3) is 0 Å². The first kappa shape index (κ1) is 42.0. The number of carbonyl (C=O) groups is 4. The summed E-state index contributed by atoms with van der Waals surface area (Å²) in [6.45, 7) is 5.74. The lowest BCUT2D eigenvalue weighted by atomic mass is 10.1. The molecule has 34 heavy (non-hydrogen) atoms. The topological polar surface area (TPSA) is 210 Å². The van der Waals surface area contributed by atoms with Crippen LogP contribution in [0.1, 0.15) is 105 Å². The second-order valence-corrected chi connectivity index (χ2v) is 7.17. The molecule has 0 unspecified atom stereocenters. The molecular weight excluding hydrogens is 452 g/mol. The van der Waals surface area contributed by atoms with Crippen molar-refractivity contribution < 1.29 is 54.9 Å². The van der Waals surface area contributed by atoms with Crippen LogP contribution in [-0.2, 0) is 19.2 Å². The Balaban J connectivity index is -0.000000109. The average molecular weight is 501 g/mol. The third-order valence-corrected chi connectivity index (χ3v) is 3.41. The molecule has 0 saturated carbocycles. The van der Waals surface area contributed by atoms with Gasteiger partial charge >= 0.3 is 11.9 Å². The molecule has 0 saturated heterocycles. The van der Waals surface area contributed by atoms with E-state index in [1.54, 1.807) is 0 Å². The van der Waals surface area contributed by atoms with Gasteiger partial charge in [-0.05, 0) is 12.8 Å². The van der Waals surface area contributed by atoms with Crippen molar-refractivity contribution in [3.05, 3.63) is 0 Å². The van der Waals surface area contributed by atoms with Gasteiger partial charge in [-0.25, -0.2) is 0 Å². The van der Waals surface area contributed by atoms with E-state index in [-0.39, 0.29) is 13.2 Å². The van der Waals surface area contributed by atoms with Crippen molar-refractivity contribution in [2.45, 2.75) is 111 Å². The minimum atomic E-state index is -0.954. The molecule has 7 N–H and O–H groups in total. The van der Waals surface area contributed by atoms with Crippen molar-refractivity contribution >= 4 is 23.9 Å². The predicted octanol–water partition coefficient (Wildman–Crippen LogP) is 3.38. The number of aliphatic carboxylic acids is 4. The van der Waals surface area contributed by atoms with E-state index in [1.165, 1.54) is 38.5 Å². The van der Waals surface area contributed by atoms with E-state index in [9.17, 15) is 9.59 Å². The molecule has 0 bridgehead atoms. The largest absolute Gasteiger partial charge is 0.481 e. The molecule has 11 heteroatoms. The number of aliphatic hydroxyl groups excluding tert-OH is 3. The average Bonchev–Trinajstić information content (AvgIpc) is 2.72. The zero-order valence-electron chi connectivity index (χ0n) is 21.2. The van der Waals surface area contributed by atoms with Gasteiger partial charge in [0, 0.05) is 26.7 Å². The fourth-order valence-electron chi connectivity index (χ4n) is 1.82. The van der Waals surface area contributed by atoms with E-state index in [1.807, 2.05) is 0 Å². The van der Waals surface area contributed by atoms with Crippen molar-refractivity contribution in [1.82, 2.24) is 0 Å². The molecule has 0 aliphatic carbocycles. The summed E-state index contributed by atoms with van der Waals surface area (Å²) in [5.41, 5.74) is 0. The Morgan fingerprint density at radius 3 is 0.941 bits per heavy atom. The predicted molar refractivity (Wildman–Crippen MR) is 129 cm³/mol. The molecule has 0 aliphatic heterocycles. The van der Waals surface area contributed by atoms with Crippen LogP contribution >= 0.6 is 0 Å². The van der Waals surface area contributed by atoms with E-state index in [4.69, 9.17) is 45.3 Å². The Bertz CT molecular complexity index is 406. The van der Waals surface area contributed by atoms with Gasteiger partial charge in [-0.2, -0.15) is 0 Å². The molecule has 0 aromatic heterocycles. The first-order chi connectivity index (χ1) is 15.8. The molecule has 0 radical (unpaired) electrons. The van der Waals surface area contributed by atoms with E-state index < -0.39 is 30.0 Å². The normalized spacial score (nSPS) is 8.94. The summed E-state index contributed by atoms with van der Waals surface area (Å²) in [4.78, 5) is 38.1. The zero-order chi connectivity index (χ0) is 27.8. The minimum absolute atomic E-state index is 0.337. The highest BCUT2D eigenvalue weighted by Crippen LogP contribution is 2.04. The molecular formula is C23H48O11. The van der Waals surface area contributed by atoms with E-state index in [0.717, 1.165) is 39.5 Å². The molecule has 0 aromatic rings. The quantitative estimate of drug-likeness (QED) is 0.172. The van der Waals surface area contributed by atoms with Crippen molar-refractivity contribution in [3.8, 4) is 0 Å². The van der Waals surface area contributed by atoms with Gasteiger partial charge in [0.25, 0.3) is 11.9 Å². The Hall–Kier alpha value is -2.24. The van der Waals surface area contributed by atoms with Gasteiger partial charge in [0.05, 0.1) is 13.2 Å². The number of hydrogen-bond acceptors (Lipinski definition) is 7. The summed E-state index contributed by atoms with van der Waals surface area (Å²) in [6.07, 6.45) is 10.8. The fourth-order valence-corrected chi connectivity index (χ4v) is 1.82. The van der Waals surface area contributed by atoms with Crippen LogP contribution in [0.4, 0.5) is 0 Å². The lowest BCUT2D eigenvalue weighted by molar-refractivity contribution is -0.138. The van der Waals surface area contributed by atoms with Crippen LogP contribution in [0.5, 0.6) is 0 Å². The van der Waals surface area contributed by atoms with Gasteiger partial charge in [0.1, 0.15) is 6.10 Å². The van der Waals surface area contributed by atoms with Crippen LogP contribution < -0.4 is 0 Å². The summed E-state index contributed by atoms with van der Waals surface area (Å²) >= 11 is 0. The number of carboxylic acid groups (broad SMARTS) is 4. The molecule has 11 nitrogen and oxygen atoms in total. The van der Waals surface area contributed by atoms with Gasteiger partial charge in [-0.3, -0.25) is 19.2 Å². The Labute approximate surface area is 203 Å².